The maximum absolute atomic E-state index is 13.8. The van der Waals surface area contributed by atoms with Gasteiger partial charge in [0.2, 0.25) is 0 Å². The Bertz CT molecular complexity index is 617. The fraction of sp³-hybridized carbons (Fsp3) is 0.286. The van der Waals surface area contributed by atoms with Gasteiger partial charge < -0.3 is 15.8 Å². The van der Waals surface area contributed by atoms with Gasteiger partial charge in [0.25, 0.3) is 0 Å². The van der Waals surface area contributed by atoms with Crippen LogP contribution in [0, 0.1) is 5.82 Å². The largest absolute Gasteiger partial charge is 0.462 e. The SMILES string of the molecule is CCOC(=O)c1cc(NCCc2cscn2)c(F)cc1N. The Morgan fingerprint density at radius 3 is 3.00 bits per heavy atom. The third kappa shape index (κ3) is 3.91. The third-order valence-electron chi connectivity index (χ3n) is 2.81. The molecule has 0 unspecified atom stereocenters. The molecule has 0 aliphatic carbocycles. The van der Waals surface area contributed by atoms with Crippen molar-refractivity contribution in [3.63, 3.8) is 0 Å². The molecule has 5 nitrogen and oxygen atoms in total. The molecule has 112 valence electrons. The van der Waals surface area contributed by atoms with Gasteiger partial charge in [-0.15, -0.1) is 11.3 Å². The Balaban J connectivity index is 2.07. The number of anilines is 2. The molecule has 0 saturated heterocycles. The maximum atomic E-state index is 13.8. The number of aromatic nitrogens is 1. The van der Waals surface area contributed by atoms with E-state index in [1.807, 2.05) is 5.38 Å². The van der Waals surface area contributed by atoms with Crippen molar-refractivity contribution in [1.29, 1.82) is 0 Å². The van der Waals surface area contributed by atoms with Crippen molar-refractivity contribution in [2.75, 3.05) is 24.2 Å². The zero-order chi connectivity index (χ0) is 15.2. The molecule has 1 aromatic heterocycles. The number of halogens is 1. The first-order chi connectivity index (χ1) is 10.1. The molecule has 0 amide bonds. The average molecular weight is 309 g/mol. The van der Waals surface area contributed by atoms with Crippen LogP contribution in [-0.2, 0) is 11.2 Å². The van der Waals surface area contributed by atoms with E-state index in [-0.39, 0.29) is 23.5 Å². The van der Waals surface area contributed by atoms with E-state index in [4.69, 9.17) is 10.5 Å². The van der Waals surface area contributed by atoms with Crippen molar-refractivity contribution in [2.45, 2.75) is 13.3 Å². The van der Waals surface area contributed by atoms with Gasteiger partial charge in [-0.05, 0) is 19.1 Å². The molecule has 2 rings (SSSR count). The second kappa shape index (κ2) is 7.03. The first-order valence-corrected chi connectivity index (χ1v) is 7.43. The molecule has 1 heterocycles. The molecule has 0 spiro atoms. The Labute approximate surface area is 126 Å². The number of ether oxygens (including phenoxy) is 1. The molecule has 0 aliphatic heterocycles. The molecule has 0 fully saturated rings. The summed E-state index contributed by atoms with van der Waals surface area (Å²) in [7, 11) is 0. The molecule has 1 aromatic carbocycles. The molecule has 0 saturated carbocycles. The number of rotatable bonds is 6. The predicted octanol–water partition coefficient (Wildman–Crippen LogP) is 2.70. The second-order valence-corrected chi connectivity index (χ2v) is 5.02. The van der Waals surface area contributed by atoms with Gasteiger partial charge in [0.1, 0.15) is 5.82 Å². The Kier molecular flexibility index (Phi) is 5.10. The Morgan fingerprint density at radius 1 is 1.52 bits per heavy atom. The number of hydrogen-bond donors (Lipinski definition) is 2. The Hall–Kier alpha value is -2.15. The maximum Gasteiger partial charge on any atom is 0.340 e. The van der Waals surface area contributed by atoms with Gasteiger partial charge in [-0.25, -0.2) is 14.2 Å². The van der Waals surface area contributed by atoms with Crippen molar-refractivity contribution >= 4 is 28.7 Å². The van der Waals surface area contributed by atoms with E-state index in [1.165, 1.54) is 17.4 Å². The number of nitrogens with zero attached hydrogens (tertiary/aromatic N) is 1. The summed E-state index contributed by atoms with van der Waals surface area (Å²) in [6.45, 7) is 2.44. The van der Waals surface area contributed by atoms with Crippen LogP contribution in [0.25, 0.3) is 0 Å². The Morgan fingerprint density at radius 2 is 2.33 bits per heavy atom. The number of nitrogens with two attached hydrogens (primary N) is 1. The lowest BCUT2D eigenvalue weighted by atomic mass is 10.1. The van der Waals surface area contributed by atoms with Gasteiger partial charge in [-0.1, -0.05) is 0 Å². The van der Waals surface area contributed by atoms with Crippen LogP contribution in [-0.4, -0.2) is 24.1 Å². The van der Waals surface area contributed by atoms with Gasteiger partial charge in [-0.3, -0.25) is 0 Å². The molecule has 0 aliphatic rings. The minimum Gasteiger partial charge on any atom is -0.462 e. The van der Waals surface area contributed by atoms with E-state index in [1.54, 1.807) is 12.4 Å². The number of carbonyl (C=O) groups is 1. The number of thiazole rings is 1. The van der Waals surface area contributed by atoms with Gasteiger partial charge >= 0.3 is 5.97 Å². The summed E-state index contributed by atoms with van der Waals surface area (Å²) >= 11 is 1.51. The zero-order valence-electron chi connectivity index (χ0n) is 11.6. The predicted molar refractivity (Wildman–Crippen MR) is 81.1 cm³/mol. The first kappa shape index (κ1) is 15.2. The van der Waals surface area contributed by atoms with Crippen molar-refractivity contribution in [2.24, 2.45) is 0 Å². The molecule has 3 N–H and O–H groups in total. The number of benzene rings is 1. The number of esters is 1. The monoisotopic (exact) mass is 309 g/mol. The standard InChI is InChI=1S/C14H16FN3O2S/c1-2-20-14(19)10-5-13(11(15)6-12(10)16)17-4-3-9-7-21-8-18-9/h5-8,17H,2-4,16H2,1H3. The normalized spacial score (nSPS) is 10.4. The van der Waals surface area contributed by atoms with Crippen molar-refractivity contribution < 1.29 is 13.9 Å². The van der Waals surface area contributed by atoms with Crippen LogP contribution >= 0.6 is 11.3 Å². The molecule has 0 radical (unpaired) electrons. The van der Waals surface area contributed by atoms with Gasteiger partial charge in [0.05, 0.1) is 29.1 Å². The topological polar surface area (TPSA) is 77.2 Å². The quantitative estimate of drug-likeness (QED) is 0.634. The lowest BCUT2D eigenvalue weighted by Gasteiger charge is -2.11. The van der Waals surface area contributed by atoms with Crippen molar-refractivity contribution in [3.8, 4) is 0 Å². The molecule has 0 atom stereocenters. The lowest BCUT2D eigenvalue weighted by molar-refractivity contribution is 0.0527. The van der Waals surface area contributed by atoms with Crippen LogP contribution in [0.15, 0.2) is 23.0 Å². The fourth-order valence-electron chi connectivity index (χ4n) is 1.80. The van der Waals surface area contributed by atoms with E-state index in [0.29, 0.717) is 13.0 Å². The lowest BCUT2D eigenvalue weighted by Crippen LogP contribution is -2.12. The van der Waals surface area contributed by atoms with E-state index >= 15 is 0 Å². The van der Waals surface area contributed by atoms with Crippen LogP contribution < -0.4 is 11.1 Å². The van der Waals surface area contributed by atoms with Crippen LogP contribution in [0.1, 0.15) is 23.0 Å². The molecule has 21 heavy (non-hydrogen) atoms. The number of carbonyl (C=O) groups excluding carboxylic acids is 1. The molecule has 2 aromatic rings. The summed E-state index contributed by atoms with van der Waals surface area (Å²) < 4.78 is 18.7. The highest BCUT2D eigenvalue weighted by Gasteiger charge is 2.15. The summed E-state index contributed by atoms with van der Waals surface area (Å²) in [4.78, 5) is 15.9. The number of hydrogen-bond acceptors (Lipinski definition) is 6. The highest BCUT2D eigenvalue weighted by molar-refractivity contribution is 7.07. The summed E-state index contributed by atoms with van der Waals surface area (Å²) in [5, 5.41) is 4.88. The highest BCUT2D eigenvalue weighted by Crippen LogP contribution is 2.23. The van der Waals surface area contributed by atoms with E-state index < -0.39 is 11.8 Å². The van der Waals surface area contributed by atoms with Crippen LogP contribution in [0.5, 0.6) is 0 Å². The smallest absolute Gasteiger partial charge is 0.340 e. The summed E-state index contributed by atoms with van der Waals surface area (Å²) in [6, 6.07) is 2.50. The average Bonchev–Trinajstić information content (AvgIpc) is 2.94. The zero-order valence-corrected chi connectivity index (χ0v) is 12.4. The van der Waals surface area contributed by atoms with Crippen molar-refractivity contribution in [3.05, 3.63) is 40.1 Å². The van der Waals surface area contributed by atoms with E-state index in [2.05, 4.69) is 10.3 Å². The summed E-state index contributed by atoms with van der Waals surface area (Å²) in [6.07, 6.45) is 0.669. The second-order valence-electron chi connectivity index (χ2n) is 4.30. The van der Waals surface area contributed by atoms with Crippen LogP contribution in [0.3, 0.4) is 0 Å². The molecular formula is C14H16FN3O2S. The van der Waals surface area contributed by atoms with Gasteiger partial charge in [-0.2, -0.15) is 0 Å². The van der Waals surface area contributed by atoms with Crippen molar-refractivity contribution in [1.82, 2.24) is 4.98 Å². The summed E-state index contributed by atoms with van der Waals surface area (Å²) in [5.74, 6) is -1.06. The summed E-state index contributed by atoms with van der Waals surface area (Å²) in [5.41, 5.74) is 8.79. The molecular weight excluding hydrogens is 293 g/mol. The molecule has 7 heteroatoms. The number of nitrogen functional groups attached to an aromatic ring is 1. The minimum atomic E-state index is -0.558. The van der Waals surface area contributed by atoms with Crippen LogP contribution in [0.4, 0.5) is 15.8 Å². The molecule has 0 bridgehead atoms. The first-order valence-electron chi connectivity index (χ1n) is 6.49. The highest BCUT2D eigenvalue weighted by atomic mass is 32.1. The van der Waals surface area contributed by atoms with E-state index in [0.717, 1.165) is 11.8 Å². The van der Waals surface area contributed by atoms with Gasteiger partial charge in [0, 0.05) is 24.0 Å². The van der Waals surface area contributed by atoms with E-state index in [9.17, 15) is 9.18 Å². The third-order valence-corrected chi connectivity index (χ3v) is 3.45. The minimum absolute atomic E-state index is 0.0657. The number of nitrogens with one attached hydrogen (secondary N) is 1. The van der Waals surface area contributed by atoms with Gasteiger partial charge in [0.15, 0.2) is 0 Å². The fourth-order valence-corrected chi connectivity index (χ4v) is 2.39. The van der Waals surface area contributed by atoms with Crippen LogP contribution in [0.2, 0.25) is 0 Å².